The predicted molar refractivity (Wildman–Crippen MR) is 125 cm³/mol. The van der Waals surface area contributed by atoms with E-state index in [-0.39, 0.29) is 23.1 Å². The summed E-state index contributed by atoms with van der Waals surface area (Å²) in [5, 5.41) is 12.9. The number of ketones is 1. The third-order valence-electron chi connectivity index (χ3n) is 6.18. The van der Waals surface area contributed by atoms with Crippen LogP contribution in [0.4, 0.5) is 13.2 Å². The molecule has 2 heterocycles. The summed E-state index contributed by atoms with van der Waals surface area (Å²) < 4.78 is 46.3. The van der Waals surface area contributed by atoms with Gasteiger partial charge in [-0.15, -0.1) is 0 Å². The third kappa shape index (κ3) is 5.18. The molecule has 0 spiro atoms. The highest BCUT2D eigenvalue weighted by molar-refractivity contribution is 6.34. The molecule has 2 unspecified atom stereocenters. The number of rotatable bonds is 7. The van der Waals surface area contributed by atoms with Crippen LogP contribution in [0.1, 0.15) is 23.8 Å². The highest BCUT2D eigenvalue weighted by atomic mass is 19.4. The number of halogens is 3. The van der Waals surface area contributed by atoms with Gasteiger partial charge in [0.25, 0.3) is 11.3 Å². The highest BCUT2D eigenvalue weighted by Crippen LogP contribution is 2.36. The molecular weight excluding hydrogens is 479 g/mol. The van der Waals surface area contributed by atoms with Crippen LogP contribution < -0.4 is 10.9 Å². The van der Waals surface area contributed by atoms with E-state index in [0.29, 0.717) is 17.5 Å². The Kier molecular flexibility index (Phi) is 6.98. The van der Waals surface area contributed by atoms with Crippen molar-refractivity contribution >= 4 is 22.5 Å². The first-order valence-corrected chi connectivity index (χ1v) is 11.1. The number of Topliss-reactive ketones (excluding diaryl/α,β-unsaturated/α-hetero) is 1. The number of carboxylic acid groups (broad SMARTS) is 1. The van der Waals surface area contributed by atoms with E-state index in [0.717, 1.165) is 6.07 Å². The van der Waals surface area contributed by atoms with Crippen molar-refractivity contribution in [1.29, 1.82) is 0 Å². The van der Waals surface area contributed by atoms with Gasteiger partial charge in [-0.25, -0.2) is 4.79 Å². The van der Waals surface area contributed by atoms with Crippen LogP contribution >= 0.6 is 0 Å². The Morgan fingerprint density at radius 3 is 2.56 bits per heavy atom. The van der Waals surface area contributed by atoms with Crippen molar-refractivity contribution in [2.45, 2.75) is 31.0 Å². The molecule has 3 aromatic rings. The fourth-order valence-electron chi connectivity index (χ4n) is 4.36. The van der Waals surface area contributed by atoms with Gasteiger partial charge in [-0.05, 0) is 49.7 Å². The lowest BCUT2D eigenvalue weighted by Gasteiger charge is -2.24. The van der Waals surface area contributed by atoms with Crippen LogP contribution in [0.5, 0.6) is 0 Å². The van der Waals surface area contributed by atoms with Crippen molar-refractivity contribution < 1.29 is 32.6 Å². The second-order valence-corrected chi connectivity index (χ2v) is 8.83. The molecule has 190 valence electrons. The van der Waals surface area contributed by atoms with E-state index in [1.54, 1.807) is 32.3 Å². The standard InChI is InChI=1S/C25H24F3N3O5/c1-31(2)20(21(32)24(34)35)11-15-12-29-23(36-15)14-8-7-13-10-19(30-22(33)17(13)9-14)16-5-3-4-6-18(16)25(26,27)28/h3-10,15,20,23,29H,11-12H2,1-2H3,(H,30,33)(H,34,35)/t15?,20-,23?/m1/s1. The van der Waals surface area contributed by atoms with E-state index in [1.807, 2.05) is 0 Å². The number of ether oxygens (including phenoxy) is 1. The lowest BCUT2D eigenvalue weighted by molar-refractivity contribution is -0.151. The Morgan fingerprint density at radius 1 is 1.17 bits per heavy atom. The fourth-order valence-corrected chi connectivity index (χ4v) is 4.36. The Morgan fingerprint density at radius 2 is 1.89 bits per heavy atom. The van der Waals surface area contributed by atoms with Crippen molar-refractivity contribution in [2.24, 2.45) is 0 Å². The van der Waals surface area contributed by atoms with Crippen LogP contribution in [0.3, 0.4) is 0 Å². The minimum absolute atomic E-state index is 0.0568. The number of aromatic amines is 1. The molecule has 11 heteroatoms. The van der Waals surface area contributed by atoms with Gasteiger partial charge >= 0.3 is 12.1 Å². The molecule has 0 bridgehead atoms. The quantitative estimate of drug-likeness (QED) is 0.425. The van der Waals surface area contributed by atoms with E-state index in [1.165, 1.54) is 29.2 Å². The molecule has 0 radical (unpaired) electrons. The normalized spacial score (nSPS) is 19.1. The number of aromatic nitrogens is 1. The topological polar surface area (TPSA) is 112 Å². The molecule has 8 nitrogen and oxygen atoms in total. The zero-order valence-electron chi connectivity index (χ0n) is 19.4. The van der Waals surface area contributed by atoms with Gasteiger partial charge in [-0.1, -0.05) is 30.3 Å². The van der Waals surface area contributed by atoms with Gasteiger partial charge in [0.2, 0.25) is 0 Å². The fraction of sp³-hybridized carbons (Fsp3) is 0.320. The monoisotopic (exact) mass is 503 g/mol. The van der Waals surface area contributed by atoms with Gasteiger partial charge in [0.1, 0.15) is 6.23 Å². The van der Waals surface area contributed by atoms with E-state index in [9.17, 15) is 27.6 Å². The lowest BCUT2D eigenvalue weighted by atomic mass is 10.0. The summed E-state index contributed by atoms with van der Waals surface area (Å²) in [6, 6.07) is 10.6. The first-order valence-electron chi connectivity index (χ1n) is 11.1. The average molecular weight is 503 g/mol. The average Bonchev–Trinajstić information content (AvgIpc) is 3.30. The van der Waals surface area contributed by atoms with Crippen molar-refractivity contribution in [2.75, 3.05) is 20.6 Å². The lowest BCUT2D eigenvalue weighted by Crippen LogP contribution is -2.42. The minimum Gasteiger partial charge on any atom is -0.475 e. The largest absolute Gasteiger partial charge is 0.475 e. The molecule has 2 aromatic carbocycles. The second kappa shape index (κ2) is 9.84. The SMILES string of the molecule is CN(C)[C@H](CC1CNC(c2ccc3cc(-c4ccccc4C(F)(F)F)[nH]c(=O)c3c2)O1)C(=O)C(=O)O. The first kappa shape index (κ1) is 25.5. The highest BCUT2D eigenvalue weighted by Gasteiger charge is 2.35. The molecular formula is C25H24F3N3O5. The zero-order valence-corrected chi connectivity index (χ0v) is 19.4. The summed E-state index contributed by atoms with van der Waals surface area (Å²) in [6.45, 7) is 0.365. The molecule has 1 aromatic heterocycles. The number of carbonyl (C=O) groups excluding carboxylic acids is 1. The van der Waals surface area contributed by atoms with Crippen molar-refractivity contribution in [3.05, 3.63) is 70.0 Å². The number of fused-ring (bicyclic) bond motifs is 1. The number of pyridine rings is 1. The Balaban J connectivity index is 1.58. The molecule has 0 amide bonds. The molecule has 1 saturated heterocycles. The van der Waals surface area contributed by atoms with Crippen LogP contribution in [0.2, 0.25) is 0 Å². The maximum Gasteiger partial charge on any atom is 0.417 e. The number of hydrogen-bond donors (Lipinski definition) is 3. The summed E-state index contributed by atoms with van der Waals surface area (Å²) in [4.78, 5) is 40.0. The van der Waals surface area contributed by atoms with Crippen molar-refractivity contribution in [3.8, 4) is 11.3 Å². The molecule has 4 rings (SSSR count). The Labute approximate surface area is 203 Å². The van der Waals surface area contributed by atoms with E-state index in [4.69, 9.17) is 9.84 Å². The smallest absolute Gasteiger partial charge is 0.417 e. The van der Waals surface area contributed by atoms with Crippen molar-refractivity contribution in [1.82, 2.24) is 15.2 Å². The first-order chi connectivity index (χ1) is 17.0. The molecule has 0 aliphatic carbocycles. The summed E-state index contributed by atoms with van der Waals surface area (Å²) in [5.74, 6) is -2.44. The maximum absolute atomic E-state index is 13.4. The molecule has 1 aliphatic rings. The number of aliphatic carboxylic acids is 1. The zero-order chi connectivity index (χ0) is 26.2. The molecule has 36 heavy (non-hydrogen) atoms. The van der Waals surface area contributed by atoms with Crippen LogP contribution in [0.25, 0.3) is 22.0 Å². The summed E-state index contributed by atoms with van der Waals surface area (Å²) in [5.41, 5.74) is -0.839. The van der Waals surface area contributed by atoms with Gasteiger partial charge in [0, 0.05) is 23.2 Å². The van der Waals surface area contributed by atoms with Gasteiger partial charge < -0.3 is 14.8 Å². The number of carboxylic acids is 1. The van der Waals surface area contributed by atoms with E-state index >= 15 is 0 Å². The van der Waals surface area contributed by atoms with Crippen LogP contribution in [0, 0.1) is 0 Å². The van der Waals surface area contributed by atoms with E-state index < -0.39 is 47.4 Å². The maximum atomic E-state index is 13.4. The number of carbonyl (C=O) groups is 2. The van der Waals surface area contributed by atoms with Gasteiger partial charge in [0.15, 0.2) is 0 Å². The van der Waals surface area contributed by atoms with Crippen molar-refractivity contribution in [3.63, 3.8) is 0 Å². The number of alkyl halides is 3. The molecule has 1 aliphatic heterocycles. The number of H-pyrrole nitrogens is 1. The van der Waals surface area contributed by atoms with Crippen LogP contribution in [0.15, 0.2) is 53.3 Å². The Hall–Kier alpha value is -3.54. The number of nitrogens with one attached hydrogen (secondary N) is 2. The molecule has 0 saturated carbocycles. The van der Waals surface area contributed by atoms with Gasteiger partial charge in [-0.3, -0.25) is 19.8 Å². The summed E-state index contributed by atoms with van der Waals surface area (Å²) >= 11 is 0. The molecule has 3 atom stereocenters. The van der Waals surface area contributed by atoms with E-state index in [2.05, 4.69) is 10.3 Å². The molecule has 1 fully saturated rings. The van der Waals surface area contributed by atoms with Gasteiger partial charge in [0.05, 0.1) is 17.7 Å². The summed E-state index contributed by atoms with van der Waals surface area (Å²) in [6.07, 6.45) is -5.46. The minimum atomic E-state index is -4.57. The van der Waals surface area contributed by atoms with Crippen LogP contribution in [-0.2, 0) is 20.5 Å². The Bertz CT molecular complexity index is 1370. The third-order valence-corrected chi connectivity index (χ3v) is 6.18. The molecule has 3 N–H and O–H groups in total. The number of benzene rings is 2. The van der Waals surface area contributed by atoms with Crippen LogP contribution in [-0.4, -0.2) is 59.5 Å². The second-order valence-electron chi connectivity index (χ2n) is 8.83. The number of likely N-dealkylation sites (N-methyl/N-ethyl adjacent to an activating group) is 1. The summed E-state index contributed by atoms with van der Waals surface area (Å²) in [7, 11) is 3.23. The van der Waals surface area contributed by atoms with Gasteiger partial charge in [-0.2, -0.15) is 13.2 Å². The number of hydrogen-bond acceptors (Lipinski definition) is 6. The number of nitrogens with zero attached hydrogens (tertiary/aromatic N) is 1. The predicted octanol–water partition coefficient (Wildman–Crippen LogP) is 3.17.